The van der Waals surface area contributed by atoms with Crippen molar-refractivity contribution in [3.63, 3.8) is 0 Å². The number of aromatic nitrogens is 3. The third-order valence-electron chi connectivity index (χ3n) is 3.78. The fourth-order valence-corrected chi connectivity index (χ4v) is 2.34. The zero-order valence-electron chi connectivity index (χ0n) is 14.7. The number of rotatable bonds is 5. The molecule has 0 atom stereocenters. The van der Waals surface area contributed by atoms with E-state index >= 15 is 0 Å². The van der Waals surface area contributed by atoms with Gasteiger partial charge in [0.1, 0.15) is 0 Å². The standard InChI is InChI=1S/C19H22N4O2/c1-19(2,3)18-21-16(22-25-18)10-11-20-17(24)14-6-8-15(9-7-14)23-12-4-5-13-23/h4-9,12-13H,10-11H2,1-3H3,(H,20,24). The molecular weight excluding hydrogens is 316 g/mol. The average molecular weight is 338 g/mol. The van der Waals surface area contributed by atoms with Crippen molar-refractivity contribution >= 4 is 5.91 Å². The highest BCUT2D eigenvalue weighted by molar-refractivity contribution is 5.94. The normalized spacial score (nSPS) is 11.5. The molecule has 25 heavy (non-hydrogen) atoms. The van der Waals surface area contributed by atoms with E-state index in [2.05, 4.69) is 15.5 Å². The van der Waals surface area contributed by atoms with Crippen LogP contribution in [-0.2, 0) is 11.8 Å². The Labute approximate surface area is 146 Å². The van der Waals surface area contributed by atoms with Gasteiger partial charge in [0, 0.05) is 42.0 Å². The second kappa shape index (κ2) is 6.93. The van der Waals surface area contributed by atoms with Crippen LogP contribution in [-0.4, -0.2) is 27.2 Å². The smallest absolute Gasteiger partial charge is 0.251 e. The quantitative estimate of drug-likeness (QED) is 0.776. The first kappa shape index (κ1) is 17.0. The van der Waals surface area contributed by atoms with E-state index in [0.29, 0.717) is 30.2 Å². The summed E-state index contributed by atoms with van der Waals surface area (Å²) in [6.07, 6.45) is 4.46. The zero-order chi connectivity index (χ0) is 17.9. The van der Waals surface area contributed by atoms with Crippen molar-refractivity contribution in [2.75, 3.05) is 6.54 Å². The lowest BCUT2D eigenvalue weighted by Crippen LogP contribution is -2.26. The Morgan fingerprint density at radius 1 is 1.16 bits per heavy atom. The van der Waals surface area contributed by atoms with Crippen LogP contribution in [0.4, 0.5) is 0 Å². The molecule has 1 N–H and O–H groups in total. The molecule has 3 rings (SSSR count). The highest BCUT2D eigenvalue weighted by atomic mass is 16.5. The number of benzene rings is 1. The molecule has 1 aromatic carbocycles. The molecule has 0 aliphatic heterocycles. The zero-order valence-corrected chi connectivity index (χ0v) is 14.7. The first-order valence-electron chi connectivity index (χ1n) is 8.28. The van der Waals surface area contributed by atoms with E-state index in [-0.39, 0.29) is 11.3 Å². The van der Waals surface area contributed by atoms with Crippen LogP contribution in [0.25, 0.3) is 5.69 Å². The third kappa shape index (κ3) is 4.15. The maximum absolute atomic E-state index is 12.2. The maximum atomic E-state index is 12.2. The molecule has 0 spiro atoms. The molecule has 0 bridgehead atoms. The highest BCUT2D eigenvalue weighted by Gasteiger charge is 2.21. The average Bonchev–Trinajstić information content (AvgIpc) is 3.26. The number of carbonyl (C=O) groups is 1. The van der Waals surface area contributed by atoms with Crippen LogP contribution in [0.5, 0.6) is 0 Å². The van der Waals surface area contributed by atoms with Crippen molar-refractivity contribution in [3.05, 3.63) is 66.1 Å². The summed E-state index contributed by atoms with van der Waals surface area (Å²) in [5.41, 5.74) is 1.47. The summed E-state index contributed by atoms with van der Waals surface area (Å²) in [6.45, 7) is 6.51. The van der Waals surface area contributed by atoms with E-state index in [4.69, 9.17) is 4.52 Å². The lowest BCUT2D eigenvalue weighted by atomic mass is 9.97. The topological polar surface area (TPSA) is 73.0 Å². The van der Waals surface area contributed by atoms with Crippen molar-refractivity contribution in [2.24, 2.45) is 0 Å². The molecule has 6 heteroatoms. The Morgan fingerprint density at radius 3 is 2.44 bits per heavy atom. The number of nitrogens with one attached hydrogen (secondary N) is 1. The van der Waals surface area contributed by atoms with Gasteiger partial charge < -0.3 is 14.4 Å². The molecule has 0 aliphatic carbocycles. The number of nitrogens with zero attached hydrogens (tertiary/aromatic N) is 3. The number of hydrogen-bond donors (Lipinski definition) is 1. The minimum Gasteiger partial charge on any atom is -0.352 e. The Bertz CT molecular complexity index is 827. The fraction of sp³-hybridized carbons (Fsp3) is 0.316. The van der Waals surface area contributed by atoms with Gasteiger partial charge in [0.2, 0.25) is 5.89 Å². The van der Waals surface area contributed by atoms with Crippen molar-refractivity contribution in [1.82, 2.24) is 20.0 Å². The van der Waals surface area contributed by atoms with Gasteiger partial charge in [-0.25, -0.2) is 0 Å². The van der Waals surface area contributed by atoms with E-state index in [0.717, 1.165) is 5.69 Å². The van der Waals surface area contributed by atoms with Crippen LogP contribution in [0.3, 0.4) is 0 Å². The first-order valence-corrected chi connectivity index (χ1v) is 8.28. The molecule has 2 heterocycles. The third-order valence-corrected chi connectivity index (χ3v) is 3.78. The highest BCUT2D eigenvalue weighted by Crippen LogP contribution is 2.19. The van der Waals surface area contributed by atoms with Crippen molar-refractivity contribution in [2.45, 2.75) is 32.6 Å². The second-order valence-electron chi connectivity index (χ2n) is 6.91. The molecule has 2 aromatic heterocycles. The summed E-state index contributed by atoms with van der Waals surface area (Å²) >= 11 is 0. The van der Waals surface area contributed by atoms with Crippen LogP contribution in [0.2, 0.25) is 0 Å². The van der Waals surface area contributed by atoms with Crippen molar-refractivity contribution in [1.29, 1.82) is 0 Å². The van der Waals surface area contributed by atoms with Gasteiger partial charge in [0.25, 0.3) is 5.91 Å². The predicted molar refractivity (Wildman–Crippen MR) is 94.8 cm³/mol. The molecule has 0 fully saturated rings. The van der Waals surface area contributed by atoms with Crippen LogP contribution in [0.15, 0.2) is 53.3 Å². The summed E-state index contributed by atoms with van der Waals surface area (Å²) in [7, 11) is 0. The molecule has 130 valence electrons. The molecule has 0 aliphatic rings. The van der Waals surface area contributed by atoms with Gasteiger partial charge in [0.05, 0.1) is 0 Å². The van der Waals surface area contributed by atoms with Gasteiger partial charge in [-0.15, -0.1) is 0 Å². The largest absolute Gasteiger partial charge is 0.352 e. The molecule has 0 saturated carbocycles. The molecule has 1 amide bonds. The van der Waals surface area contributed by atoms with E-state index in [1.807, 2.05) is 74.1 Å². The van der Waals surface area contributed by atoms with E-state index < -0.39 is 0 Å². The minimum absolute atomic E-state index is 0.112. The number of hydrogen-bond acceptors (Lipinski definition) is 4. The first-order chi connectivity index (χ1) is 11.9. The van der Waals surface area contributed by atoms with E-state index in [1.54, 1.807) is 0 Å². The van der Waals surface area contributed by atoms with Gasteiger partial charge in [-0.05, 0) is 36.4 Å². The van der Waals surface area contributed by atoms with Crippen LogP contribution >= 0.6 is 0 Å². The Morgan fingerprint density at radius 2 is 1.84 bits per heavy atom. The van der Waals surface area contributed by atoms with Gasteiger partial charge in [-0.3, -0.25) is 4.79 Å². The van der Waals surface area contributed by atoms with Crippen molar-refractivity contribution < 1.29 is 9.32 Å². The second-order valence-corrected chi connectivity index (χ2v) is 6.91. The maximum Gasteiger partial charge on any atom is 0.251 e. The van der Waals surface area contributed by atoms with Crippen LogP contribution in [0.1, 0.15) is 42.8 Å². The number of amides is 1. The summed E-state index contributed by atoms with van der Waals surface area (Å²) in [4.78, 5) is 16.6. The molecular formula is C19H22N4O2. The van der Waals surface area contributed by atoms with Crippen molar-refractivity contribution in [3.8, 4) is 5.69 Å². The molecule has 3 aromatic rings. The van der Waals surface area contributed by atoms with E-state index in [9.17, 15) is 4.79 Å². The summed E-state index contributed by atoms with van der Waals surface area (Å²) in [5.74, 6) is 1.10. The minimum atomic E-state index is -0.171. The van der Waals surface area contributed by atoms with Crippen LogP contribution < -0.4 is 5.32 Å². The molecule has 0 saturated heterocycles. The summed E-state index contributed by atoms with van der Waals surface area (Å²) in [6, 6.07) is 11.4. The lowest BCUT2D eigenvalue weighted by molar-refractivity contribution is 0.0954. The molecule has 6 nitrogen and oxygen atoms in total. The van der Waals surface area contributed by atoms with Gasteiger partial charge >= 0.3 is 0 Å². The van der Waals surface area contributed by atoms with Gasteiger partial charge in [-0.1, -0.05) is 25.9 Å². The number of carbonyl (C=O) groups excluding carboxylic acids is 1. The van der Waals surface area contributed by atoms with Crippen LogP contribution in [0, 0.1) is 0 Å². The van der Waals surface area contributed by atoms with Gasteiger partial charge in [0.15, 0.2) is 5.82 Å². The molecule has 0 radical (unpaired) electrons. The monoisotopic (exact) mass is 338 g/mol. The lowest BCUT2D eigenvalue weighted by Gasteiger charge is -2.10. The predicted octanol–water partition coefficient (Wildman–Crippen LogP) is 3.13. The Hall–Kier alpha value is -2.89. The molecule has 0 unspecified atom stereocenters. The van der Waals surface area contributed by atoms with E-state index in [1.165, 1.54) is 0 Å². The SMILES string of the molecule is CC(C)(C)c1nc(CCNC(=O)c2ccc(-n3cccc3)cc2)no1. The Balaban J connectivity index is 1.53. The summed E-state index contributed by atoms with van der Waals surface area (Å²) in [5, 5.41) is 6.83. The Kier molecular flexibility index (Phi) is 4.70. The summed E-state index contributed by atoms with van der Waals surface area (Å²) < 4.78 is 7.23. The van der Waals surface area contributed by atoms with Gasteiger partial charge in [-0.2, -0.15) is 4.98 Å². The fourth-order valence-electron chi connectivity index (χ4n) is 2.34.